The van der Waals surface area contributed by atoms with E-state index < -0.39 is 0 Å². The Morgan fingerprint density at radius 1 is 1.33 bits per heavy atom. The van der Waals surface area contributed by atoms with Crippen molar-refractivity contribution in [3.05, 3.63) is 18.2 Å². The Morgan fingerprint density at radius 2 is 2.06 bits per heavy atom. The van der Waals surface area contributed by atoms with E-state index in [4.69, 9.17) is 4.74 Å². The Bertz CT molecular complexity index is 449. The van der Waals surface area contributed by atoms with E-state index in [0.29, 0.717) is 28.9 Å². The summed E-state index contributed by atoms with van der Waals surface area (Å²) in [7, 11) is 1.50. The lowest BCUT2D eigenvalue weighted by Crippen LogP contribution is -2.12. The number of benzene rings is 1. The van der Waals surface area contributed by atoms with E-state index in [0.717, 1.165) is 0 Å². The molecular formula is C12H15BrN2O3. The first-order valence-corrected chi connectivity index (χ1v) is 6.50. The molecule has 0 unspecified atom stereocenters. The van der Waals surface area contributed by atoms with Crippen LogP contribution in [0.4, 0.5) is 11.4 Å². The molecule has 0 atom stereocenters. The lowest BCUT2D eigenvalue weighted by Gasteiger charge is -2.11. The van der Waals surface area contributed by atoms with Gasteiger partial charge in [-0.05, 0) is 12.1 Å². The maximum Gasteiger partial charge on any atom is 0.225 e. The number of amides is 2. The van der Waals surface area contributed by atoms with Crippen LogP contribution in [-0.4, -0.2) is 24.3 Å². The highest BCUT2D eigenvalue weighted by molar-refractivity contribution is 9.09. The SMILES string of the molecule is COc1cc(NC(=O)CCBr)ccc1NC(C)=O. The van der Waals surface area contributed by atoms with E-state index in [2.05, 4.69) is 26.6 Å². The molecule has 98 valence electrons. The number of rotatable bonds is 5. The summed E-state index contributed by atoms with van der Waals surface area (Å²) in [6.07, 6.45) is 0.399. The van der Waals surface area contributed by atoms with Gasteiger partial charge < -0.3 is 15.4 Å². The van der Waals surface area contributed by atoms with Gasteiger partial charge in [0, 0.05) is 30.4 Å². The first-order chi connectivity index (χ1) is 8.56. The second kappa shape index (κ2) is 7.00. The van der Waals surface area contributed by atoms with Crippen LogP contribution in [0.25, 0.3) is 0 Å². The minimum atomic E-state index is -0.177. The second-order valence-corrected chi connectivity index (χ2v) is 4.38. The highest BCUT2D eigenvalue weighted by atomic mass is 79.9. The van der Waals surface area contributed by atoms with Gasteiger partial charge in [-0.3, -0.25) is 9.59 Å². The first kappa shape index (κ1) is 14.5. The predicted molar refractivity (Wildman–Crippen MR) is 74.3 cm³/mol. The van der Waals surface area contributed by atoms with Gasteiger partial charge in [-0.1, -0.05) is 15.9 Å². The second-order valence-electron chi connectivity index (χ2n) is 3.58. The fourth-order valence-electron chi connectivity index (χ4n) is 1.37. The number of alkyl halides is 1. The van der Waals surface area contributed by atoms with Crippen molar-refractivity contribution in [3.8, 4) is 5.75 Å². The van der Waals surface area contributed by atoms with Crippen LogP contribution in [0, 0.1) is 0 Å². The third-order valence-corrected chi connectivity index (χ3v) is 2.51. The Morgan fingerprint density at radius 3 is 2.61 bits per heavy atom. The largest absolute Gasteiger partial charge is 0.494 e. The zero-order valence-corrected chi connectivity index (χ0v) is 11.8. The standard InChI is InChI=1S/C12H15BrN2O3/c1-8(16)14-10-4-3-9(7-11(10)18-2)15-12(17)5-6-13/h3-4,7H,5-6H2,1-2H3,(H,14,16)(H,15,17). The molecular weight excluding hydrogens is 300 g/mol. The van der Waals surface area contributed by atoms with Gasteiger partial charge in [0.2, 0.25) is 11.8 Å². The van der Waals surface area contributed by atoms with Crippen LogP contribution >= 0.6 is 15.9 Å². The first-order valence-electron chi connectivity index (χ1n) is 5.38. The zero-order chi connectivity index (χ0) is 13.5. The quantitative estimate of drug-likeness (QED) is 0.820. The lowest BCUT2D eigenvalue weighted by atomic mass is 10.2. The molecule has 0 bridgehead atoms. The maximum atomic E-state index is 11.4. The van der Waals surface area contributed by atoms with E-state index in [-0.39, 0.29) is 11.8 Å². The Hall–Kier alpha value is -1.56. The van der Waals surface area contributed by atoms with Crippen LogP contribution in [0.15, 0.2) is 18.2 Å². The van der Waals surface area contributed by atoms with Crippen molar-refractivity contribution < 1.29 is 14.3 Å². The summed E-state index contributed by atoms with van der Waals surface area (Å²) in [6, 6.07) is 5.06. The third kappa shape index (κ3) is 4.37. The molecule has 1 aromatic rings. The van der Waals surface area contributed by atoms with Gasteiger partial charge >= 0.3 is 0 Å². The molecule has 0 radical (unpaired) electrons. The minimum Gasteiger partial charge on any atom is -0.494 e. The topological polar surface area (TPSA) is 67.4 Å². The fourth-order valence-corrected chi connectivity index (χ4v) is 1.73. The van der Waals surface area contributed by atoms with Gasteiger partial charge in [0.25, 0.3) is 0 Å². The number of anilines is 2. The van der Waals surface area contributed by atoms with Crippen molar-refractivity contribution in [2.75, 3.05) is 23.1 Å². The lowest BCUT2D eigenvalue weighted by molar-refractivity contribution is -0.116. The third-order valence-electron chi connectivity index (χ3n) is 2.12. The normalized spacial score (nSPS) is 9.72. The molecule has 18 heavy (non-hydrogen) atoms. The van der Waals surface area contributed by atoms with Crippen LogP contribution in [0.3, 0.4) is 0 Å². The predicted octanol–water partition coefficient (Wildman–Crippen LogP) is 2.38. The van der Waals surface area contributed by atoms with E-state index in [1.54, 1.807) is 18.2 Å². The van der Waals surface area contributed by atoms with E-state index >= 15 is 0 Å². The number of carbonyl (C=O) groups is 2. The molecule has 0 saturated carbocycles. The summed E-state index contributed by atoms with van der Waals surface area (Å²) in [5, 5.41) is 5.99. The maximum absolute atomic E-state index is 11.4. The zero-order valence-electron chi connectivity index (χ0n) is 10.2. The highest BCUT2D eigenvalue weighted by Gasteiger charge is 2.07. The molecule has 0 spiro atoms. The molecule has 0 heterocycles. The average molecular weight is 315 g/mol. The van der Waals surface area contributed by atoms with Gasteiger partial charge in [0.15, 0.2) is 0 Å². The van der Waals surface area contributed by atoms with Crippen LogP contribution in [0.1, 0.15) is 13.3 Å². The molecule has 0 aliphatic carbocycles. The summed E-state index contributed by atoms with van der Waals surface area (Å²) in [4.78, 5) is 22.4. The number of hydrogen-bond donors (Lipinski definition) is 2. The molecule has 0 aliphatic heterocycles. The van der Waals surface area contributed by atoms with Gasteiger partial charge in [-0.2, -0.15) is 0 Å². The van der Waals surface area contributed by atoms with Crippen LogP contribution in [-0.2, 0) is 9.59 Å². The van der Waals surface area contributed by atoms with Crippen molar-refractivity contribution in [1.29, 1.82) is 0 Å². The molecule has 0 aliphatic rings. The minimum absolute atomic E-state index is 0.0822. The van der Waals surface area contributed by atoms with E-state index in [9.17, 15) is 9.59 Å². The number of nitrogens with one attached hydrogen (secondary N) is 2. The molecule has 0 fully saturated rings. The average Bonchev–Trinajstić information content (AvgIpc) is 2.30. The molecule has 0 aromatic heterocycles. The van der Waals surface area contributed by atoms with Crippen molar-refractivity contribution in [2.45, 2.75) is 13.3 Å². The molecule has 2 N–H and O–H groups in total. The number of methoxy groups -OCH3 is 1. The summed E-state index contributed by atoms with van der Waals surface area (Å²) < 4.78 is 5.15. The smallest absolute Gasteiger partial charge is 0.225 e. The fraction of sp³-hybridized carbons (Fsp3) is 0.333. The molecule has 0 saturated heterocycles. The molecule has 1 rings (SSSR count). The van der Waals surface area contributed by atoms with Crippen molar-refractivity contribution in [1.82, 2.24) is 0 Å². The van der Waals surface area contributed by atoms with Gasteiger partial charge in [0.05, 0.1) is 12.8 Å². The van der Waals surface area contributed by atoms with Crippen molar-refractivity contribution in [3.63, 3.8) is 0 Å². The van der Waals surface area contributed by atoms with Crippen molar-refractivity contribution >= 4 is 39.1 Å². The van der Waals surface area contributed by atoms with Crippen LogP contribution in [0.5, 0.6) is 5.75 Å². The molecule has 1 aromatic carbocycles. The van der Waals surface area contributed by atoms with Crippen LogP contribution < -0.4 is 15.4 Å². The van der Waals surface area contributed by atoms with E-state index in [1.807, 2.05) is 0 Å². The monoisotopic (exact) mass is 314 g/mol. The van der Waals surface area contributed by atoms with Gasteiger partial charge in [-0.25, -0.2) is 0 Å². The summed E-state index contributed by atoms with van der Waals surface area (Å²) >= 11 is 3.20. The number of carbonyl (C=O) groups excluding carboxylic acids is 2. The number of ether oxygens (including phenoxy) is 1. The molecule has 2 amide bonds. The number of hydrogen-bond acceptors (Lipinski definition) is 3. The van der Waals surface area contributed by atoms with Crippen LogP contribution in [0.2, 0.25) is 0 Å². The summed E-state index contributed by atoms with van der Waals surface area (Å²) in [6.45, 7) is 1.42. The Balaban J connectivity index is 2.84. The van der Waals surface area contributed by atoms with E-state index in [1.165, 1.54) is 14.0 Å². The van der Waals surface area contributed by atoms with Gasteiger partial charge in [-0.15, -0.1) is 0 Å². The Kier molecular flexibility index (Phi) is 5.64. The summed E-state index contributed by atoms with van der Waals surface area (Å²) in [5.74, 6) is 0.243. The molecule has 5 nitrogen and oxygen atoms in total. The molecule has 6 heteroatoms. The van der Waals surface area contributed by atoms with Crippen molar-refractivity contribution in [2.24, 2.45) is 0 Å². The Labute approximate surface area is 114 Å². The summed E-state index contributed by atoms with van der Waals surface area (Å²) in [5.41, 5.74) is 1.20. The highest BCUT2D eigenvalue weighted by Crippen LogP contribution is 2.27. The number of halogens is 1. The van der Waals surface area contributed by atoms with Gasteiger partial charge in [0.1, 0.15) is 5.75 Å².